The van der Waals surface area contributed by atoms with E-state index < -0.39 is 11.9 Å². The zero-order valence-electron chi connectivity index (χ0n) is 20.1. The number of fused-ring (bicyclic) bond motifs is 1. The molecule has 0 spiro atoms. The number of nitrogens with zero attached hydrogens (tertiary/aromatic N) is 3. The van der Waals surface area contributed by atoms with E-state index in [2.05, 4.69) is 25.2 Å². The highest BCUT2D eigenvalue weighted by molar-refractivity contribution is 6.02. The highest BCUT2D eigenvalue weighted by atomic mass is 16.5. The molecule has 35 heavy (non-hydrogen) atoms. The Morgan fingerprint density at radius 3 is 2.51 bits per heavy atom. The molecule has 10 nitrogen and oxygen atoms in total. The Labute approximate surface area is 203 Å². The van der Waals surface area contributed by atoms with Crippen LogP contribution in [0.5, 0.6) is 5.75 Å². The fourth-order valence-corrected chi connectivity index (χ4v) is 3.38. The molecule has 184 valence electrons. The van der Waals surface area contributed by atoms with Gasteiger partial charge in [-0.3, -0.25) is 19.5 Å². The molecule has 2 N–H and O–H groups in total. The van der Waals surface area contributed by atoms with Gasteiger partial charge in [-0.05, 0) is 31.5 Å². The first-order valence-corrected chi connectivity index (χ1v) is 11.2. The largest absolute Gasteiger partial charge is 0.489 e. The maximum Gasteiger partial charge on any atom is 0.302 e. The number of amides is 2. The number of anilines is 1. The molecule has 1 aliphatic heterocycles. The van der Waals surface area contributed by atoms with E-state index in [1.54, 1.807) is 19.2 Å². The Morgan fingerprint density at radius 1 is 1.17 bits per heavy atom. The molecule has 2 aromatic carbocycles. The second kappa shape index (κ2) is 11.8. The number of para-hydroxylation sites is 2. The molecule has 1 aromatic heterocycles. The summed E-state index contributed by atoms with van der Waals surface area (Å²) in [4.78, 5) is 41.0. The quantitative estimate of drug-likeness (QED) is 0.539. The fraction of sp³-hybridized carbons (Fsp3) is 0.320. The first-order valence-electron chi connectivity index (χ1n) is 11.2. The molecular weight excluding hydrogens is 450 g/mol. The molecule has 0 unspecified atom stereocenters. The average molecular weight is 480 g/mol. The minimum atomic E-state index is -0.832. The van der Waals surface area contributed by atoms with Crippen LogP contribution in [0, 0.1) is 0 Å². The summed E-state index contributed by atoms with van der Waals surface area (Å²) in [5, 5.41) is 9.41. The first kappa shape index (κ1) is 25.4. The Kier molecular flexibility index (Phi) is 8.55. The van der Waals surface area contributed by atoms with E-state index in [0.29, 0.717) is 23.7 Å². The van der Waals surface area contributed by atoms with Gasteiger partial charge in [0.15, 0.2) is 0 Å². The van der Waals surface area contributed by atoms with Crippen LogP contribution in [-0.4, -0.2) is 58.8 Å². The van der Waals surface area contributed by atoms with Gasteiger partial charge < -0.3 is 19.7 Å². The fourth-order valence-electron chi connectivity index (χ4n) is 3.38. The van der Waals surface area contributed by atoms with Crippen molar-refractivity contribution in [3.8, 4) is 5.75 Å². The molecule has 0 radical (unpaired) electrons. The van der Waals surface area contributed by atoms with Crippen LogP contribution in [0.15, 0.2) is 54.6 Å². The number of nitrogens with one attached hydrogen (secondary N) is 2. The maximum absolute atomic E-state index is 12.7. The van der Waals surface area contributed by atoms with Gasteiger partial charge in [-0.25, -0.2) is 4.98 Å². The SMILES string of the molecule is CC(=O)OC(C)C.CN1C(=O)[C@@H](NC(=O)c2n[nH]c(Cc3ccccc3)n2)COc2ccccc21. The number of H-pyrrole nitrogens is 1. The third-order valence-corrected chi connectivity index (χ3v) is 4.92. The van der Waals surface area contributed by atoms with Crippen molar-refractivity contribution >= 4 is 23.5 Å². The summed E-state index contributed by atoms with van der Waals surface area (Å²) in [5.41, 5.74) is 1.71. The standard InChI is InChI=1S/C20H19N5O3.C5H10O2/c1-25-15-9-5-6-10-16(15)28-12-14(20(25)27)21-19(26)18-22-17(23-24-18)11-13-7-3-2-4-8-13;1-4(2)7-5(3)6/h2-10,14H,11-12H2,1H3,(H,21,26)(H,22,23,24);4H,1-3H3/t14-;/m0./s1. The van der Waals surface area contributed by atoms with Crippen LogP contribution in [0.1, 0.15) is 42.8 Å². The van der Waals surface area contributed by atoms with Crippen molar-refractivity contribution in [2.24, 2.45) is 0 Å². The monoisotopic (exact) mass is 479 g/mol. The Morgan fingerprint density at radius 2 is 1.86 bits per heavy atom. The number of hydrogen-bond donors (Lipinski definition) is 2. The van der Waals surface area contributed by atoms with Gasteiger partial charge in [-0.2, -0.15) is 0 Å². The number of rotatable bonds is 5. The van der Waals surface area contributed by atoms with Gasteiger partial charge in [0.25, 0.3) is 11.8 Å². The number of benzene rings is 2. The minimum absolute atomic E-state index is 0.0110. The number of aromatic amines is 1. The van der Waals surface area contributed by atoms with E-state index in [9.17, 15) is 14.4 Å². The summed E-state index contributed by atoms with van der Waals surface area (Å²) in [6.45, 7) is 5.08. The minimum Gasteiger partial charge on any atom is -0.489 e. The number of ether oxygens (including phenoxy) is 2. The lowest BCUT2D eigenvalue weighted by Gasteiger charge is -2.19. The molecule has 2 amide bonds. The van der Waals surface area contributed by atoms with Crippen LogP contribution in [0.4, 0.5) is 5.69 Å². The van der Waals surface area contributed by atoms with Gasteiger partial charge in [0.05, 0.1) is 11.8 Å². The topological polar surface area (TPSA) is 127 Å². The number of carbonyl (C=O) groups excluding carboxylic acids is 3. The number of hydrogen-bond acceptors (Lipinski definition) is 7. The van der Waals surface area contributed by atoms with Crippen LogP contribution in [-0.2, 0) is 20.7 Å². The van der Waals surface area contributed by atoms with E-state index in [0.717, 1.165) is 5.56 Å². The van der Waals surface area contributed by atoms with Gasteiger partial charge in [-0.15, -0.1) is 5.10 Å². The summed E-state index contributed by atoms with van der Waals surface area (Å²) >= 11 is 0. The third-order valence-electron chi connectivity index (χ3n) is 4.92. The number of likely N-dealkylation sites (N-methyl/N-ethyl adjacent to an activating group) is 1. The molecule has 0 bridgehead atoms. The van der Waals surface area contributed by atoms with Crippen LogP contribution in [0.3, 0.4) is 0 Å². The summed E-state index contributed by atoms with van der Waals surface area (Å²) < 4.78 is 10.3. The van der Waals surface area contributed by atoms with E-state index in [1.165, 1.54) is 11.8 Å². The molecule has 0 saturated heterocycles. The zero-order chi connectivity index (χ0) is 25.4. The smallest absolute Gasteiger partial charge is 0.302 e. The van der Waals surface area contributed by atoms with Gasteiger partial charge in [-0.1, -0.05) is 42.5 Å². The average Bonchev–Trinajstić information content (AvgIpc) is 3.25. The van der Waals surface area contributed by atoms with Crippen molar-refractivity contribution in [3.05, 3.63) is 71.8 Å². The summed E-state index contributed by atoms with van der Waals surface area (Å²) in [6, 6.07) is 16.2. The van der Waals surface area contributed by atoms with E-state index in [4.69, 9.17) is 4.74 Å². The van der Waals surface area contributed by atoms with Crippen molar-refractivity contribution in [2.75, 3.05) is 18.6 Å². The van der Waals surface area contributed by atoms with Gasteiger partial charge in [0.2, 0.25) is 5.82 Å². The molecule has 0 fully saturated rings. The molecule has 1 atom stereocenters. The summed E-state index contributed by atoms with van der Waals surface area (Å²) in [7, 11) is 1.65. The lowest BCUT2D eigenvalue weighted by atomic mass is 10.1. The Balaban J connectivity index is 0.000000429. The lowest BCUT2D eigenvalue weighted by Crippen LogP contribution is -2.49. The Bertz CT molecular complexity index is 1160. The molecule has 4 rings (SSSR count). The van der Waals surface area contributed by atoms with Gasteiger partial charge >= 0.3 is 5.97 Å². The highest BCUT2D eigenvalue weighted by Crippen LogP contribution is 2.29. The molecule has 1 aliphatic rings. The third kappa shape index (κ3) is 7.13. The number of aromatic nitrogens is 3. The normalized spacial score (nSPS) is 14.7. The molecule has 3 aromatic rings. The second-order valence-electron chi connectivity index (χ2n) is 8.13. The summed E-state index contributed by atoms with van der Waals surface area (Å²) in [5.74, 6) is 0.149. The molecule has 0 aliphatic carbocycles. The highest BCUT2D eigenvalue weighted by Gasteiger charge is 2.31. The molecule has 10 heteroatoms. The maximum atomic E-state index is 12.7. The van der Waals surface area contributed by atoms with Crippen LogP contribution in [0.2, 0.25) is 0 Å². The molecule has 0 saturated carbocycles. The predicted molar refractivity (Wildman–Crippen MR) is 129 cm³/mol. The second-order valence-corrected chi connectivity index (χ2v) is 8.13. The predicted octanol–water partition coefficient (Wildman–Crippen LogP) is 2.51. The zero-order valence-corrected chi connectivity index (χ0v) is 20.1. The van der Waals surface area contributed by atoms with Crippen molar-refractivity contribution in [3.63, 3.8) is 0 Å². The van der Waals surface area contributed by atoms with E-state index >= 15 is 0 Å². The lowest BCUT2D eigenvalue weighted by molar-refractivity contribution is -0.144. The van der Waals surface area contributed by atoms with Gasteiger partial charge in [0.1, 0.15) is 24.2 Å². The van der Waals surface area contributed by atoms with Crippen molar-refractivity contribution in [1.29, 1.82) is 0 Å². The first-order chi connectivity index (χ1) is 16.7. The van der Waals surface area contributed by atoms with E-state index in [-0.39, 0.29) is 30.4 Å². The Hall–Kier alpha value is -4.21. The van der Waals surface area contributed by atoms with Crippen LogP contribution in [0.25, 0.3) is 0 Å². The van der Waals surface area contributed by atoms with Crippen molar-refractivity contribution in [2.45, 2.75) is 39.3 Å². The van der Waals surface area contributed by atoms with Gasteiger partial charge in [0, 0.05) is 20.4 Å². The van der Waals surface area contributed by atoms with Crippen molar-refractivity contribution in [1.82, 2.24) is 20.5 Å². The van der Waals surface area contributed by atoms with Crippen LogP contribution >= 0.6 is 0 Å². The van der Waals surface area contributed by atoms with Crippen LogP contribution < -0.4 is 15.0 Å². The van der Waals surface area contributed by atoms with E-state index in [1.807, 2.05) is 56.3 Å². The number of carbonyl (C=O) groups is 3. The number of esters is 1. The van der Waals surface area contributed by atoms with Crippen molar-refractivity contribution < 1.29 is 23.9 Å². The summed E-state index contributed by atoms with van der Waals surface area (Å²) in [6.07, 6.45) is 0.558. The molecular formula is C25H29N5O5. The molecule has 2 heterocycles.